The lowest BCUT2D eigenvalue weighted by Gasteiger charge is -2.32. The first-order chi connectivity index (χ1) is 10.0. The molecule has 0 spiro atoms. The Balaban J connectivity index is 1.93. The third-order valence-corrected chi connectivity index (χ3v) is 4.76. The van der Waals surface area contributed by atoms with Crippen molar-refractivity contribution < 1.29 is 9.59 Å². The van der Waals surface area contributed by atoms with Crippen LogP contribution in [0.2, 0.25) is 0 Å². The van der Waals surface area contributed by atoms with Crippen LogP contribution in [0.1, 0.15) is 42.1 Å². The van der Waals surface area contributed by atoms with Crippen molar-refractivity contribution in [2.75, 3.05) is 13.1 Å². The second-order valence-electron chi connectivity index (χ2n) is 5.45. The Morgan fingerprint density at radius 3 is 2.57 bits per heavy atom. The number of hydrogen-bond donors (Lipinski definition) is 1. The van der Waals surface area contributed by atoms with Crippen LogP contribution in [-0.2, 0) is 4.79 Å². The van der Waals surface area contributed by atoms with Crippen LogP contribution in [-0.4, -0.2) is 35.8 Å². The maximum Gasteiger partial charge on any atom is 0.253 e. The third-order valence-electron chi connectivity index (χ3n) is 3.87. The first-order valence-corrected chi connectivity index (χ1v) is 8.15. The van der Waals surface area contributed by atoms with Gasteiger partial charge in [0.2, 0.25) is 5.91 Å². The van der Waals surface area contributed by atoms with E-state index in [-0.39, 0.29) is 17.9 Å². The molecule has 1 aromatic rings. The van der Waals surface area contributed by atoms with E-state index in [2.05, 4.69) is 21.2 Å². The molecule has 0 radical (unpaired) electrons. The Morgan fingerprint density at radius 2 is 2.00 bits per heavy atom. The summed E-state index contributed by atoms with van der Waals surface area (Å²) in [6, 6.07) is 5.88. The van der Waals surface area contributed by atoms with Gasteiger partial charge in [0, 0.05) is 35.6 Å². The summed E-state index contributed by atoms with van der Waals surface area (Å²) in [6.45, 7) is 5.22. The molecule has 1 aliphatic heterocycles. The predicted octanol–water partition coefficient (Wildman–Crippen LogP) is 2.89. The standard InChI is InChI=1S/C16H21BrN2O2/c1-3-15(20)18-13-6-8-19(9-7-13)16(21)12-4-5-14(17)11(2)10-12/h4-5,10,13H,3,6-9H2,1-2H3,(H,18,20). The minimum absolute atomic E-state index is 0.0749. The van der Waals surface area contributed by atoms with Gasteiger partial charge < -0.3 is 10.2 Å². The lowest BCUT2D eigenvalue weighted by molar-refractivity contribution is -0.121. The highest BCUT2D eigenvalue weighted by Crippen LogP contribution is 2.20. The van der Waals surface area contributed by atoms with Gasteiger partial charge in [-0.25, -0.2) is 0 Å². The Bertz CT molecular complexity index is 537. The minimum Gasteiger partial charge on any atom is -0.353 e. The molecular formula is C16H21BrN2O2. The van der Waals surface area contributed by atoms with Gasteiger partial charge in [-0.15, -0.1) is 0 Å². The fourth-order valence-corrected chi connectivity index (χ4v) is 2.76. The van der Waals surface area contributed by atoms with Crippen LogP contribution in [0.25, 0.3) is 0 Å². The van der Waals surface area contributed by atoms with Gasteiger partial charge in [0.15, 0.2) is 0 Å². The van der Waals surface area contributed by atoms with Crippen LogP contribution in [0.15, 0.2) is 22.7 Å². The number of nitrogens with one attached hydrogen (secondary N) is 1. The molecule has 114 valence electrons. The number of likely N-dealkylation sites (tertiary alicyclic amines) is 1. The number of piperidine rings is 1. The van der Waals surface area contributed by atoms with Gasteiger partial charge in [0.05, 0.1) is 0 Å². The average molecular weight is 353 g/mol. The molecule has 1 fully saturated rings. The van der Waals surface area contributed by atoms with Crippen LogP contribution in [0, 0.1) is 6.92 Å². The zero-order valence-corrected chi connectivity index (χ0v) is 14.1. The summed E-state index contributed by atoms with van der Waals surface area (Å²) in [5.41, 5.74) is 1.79. The van der Waals surface area contributed by atoms with Crippen LogP contribution in [0.5, 0.6) is 0 Å². The fraction of sp³-hybridized carbons (Fsp3) is 0.500. The molecule has 21 heavy (non-hydrogen) atoms. The lowest BCUT2D eigenvalue weighted by atomic mass is 10.0. The number of amides is 2. The largest absolute Gasteiger partial charge is 0.353 e. The van der Waals surface area contributed by atoms with Crippen LogP contribution in [0.3, 0.4) is 0 Å². The number of carbonyl (C=O) groups excluding carboxylic acids is 2. The molecule has 1 heterocycles. The summed E-state index contributed by atoms with van der Waals surface area (Å²) in [5.74, 6) is 0.161. The maximum atomic E-state index is 12.5. The molecule has 0 unspecified atom stereocenters. The van der Waals surface area contributed by atoms with Crippen molar-refractivity contribution >= 4 is 27.7 Å². The number of benzene rings is 1. The molecule has 1 saturated heterocycles. The number of carbonyl (C=O) groups is 2. The van der Waals surface area contributed by atoms with E-state index in [1.54, 1.807) is 0 Å². The Morgan fingerprint density at radius 1 is 1.33 bits per heavy atom. The van der Waals surface area contributed by atoms with E-state index in [9.17, 15) is 9.59 Å². The monoisotopic (exact) mass is 352 g/mol. The highest BCUT2D eigenvalue weighted by molar-refractivity contribution is 9.10. The minimum atomic E-state index is 0.0749. The number of aryl methyl sites for hydroxylation is 1. The second-order valence-corrected chi connectivity index (χ2v) is 6.31. The lowest BCUT2D eigenvalue weighted by Crippen LogP contribution is -2.46. The molecule has 0 saturated carbocycles. The zero-order chi connectivity index (χ0) is 15.4. The number of nitrogens with zero attached hydrogens (tertiary/aromatic N) is 1. The molecular weight excluding hydrogens is 332 g/mol. The van der Waals surface area contributed by atoms with Gasteiger partial charge in [-0.3, -0.25) is 9.59 Å². The van der Waals surface area contributed by atoms with Crippen molar-refractivity contribution in [3.05, 3.63) is 33.8 Å². The Labute approximate surface area is 134 Å². The first kappa shape index (κ1) is 16.0. The molecule has 1 N–H and O–H groups in total. The Kier molecular flexibility index (Phi) is 5.39. The predicted molar refractivity (Wildman–Crippen MR) is 86.2 cm³/mol. The normalized spacial score (nSPS) is 15.9. The van der Waals surface area contributed by atoms with Crippen LogP contribution < -0.4 is 5.32 Å². The Hall–Kier alpha value is -1.36. The highest BCUT2D eigenvalue weighted by atomic mass is 79.9. The van der Waals surface area contributed by atoms with E-state index in [0.29, 0.717) is 19.5 Å². The van der Waals surface area contributed by atoms with Crippen LogP contribution in [0.4, 0.5) is 0 Å². The molecule has 0 aromatic heterocycles. The van der Waals surface area contributed by atoms with Gasteiger partial charge in [-0.2, -0.15) is 0 Å². The number of halogens is 1. The molecule has 5 heteroatoms. The summed E-state index contributed by atoms with van der Waals surface area (Å²) in [7, 11) is 0. The van der Waals surface area contributed by atoms with Gasteiger partial charge >= 0.3 is 0 Å². The van der Waals surface area contributed by atoms with E-state index >= 15 is 0 Å². The quantitative estimate of drug-likeness (QED) is 0.909. The van der Waals surface area contributed by atoms with Crippen LogP contribution >= 0.6 is 15.9 Å². The first-order valence-electron chi connectivity index (χ1n) is 7.36. The van der Waals surface area contributed by atoms with E-state index in [1.807, 2.05) is 36.9 Å². The molecule has 2 rings (SSSR count). The third kappa shape index (κ3) is 4.06. The topological polar surface area (TPSA) is 49.4 Å². The molecule has 0 aliphatic carbocycles. The SMILES string of the molecule is CCC(=O)NC1CCN(C(=O)c2ccc(Br)c(C)c2)CC1. The van der Waals surface area contributed by atoms with E-state index in [4.69, 9.17) is 0 Å². The molecule has 2 amide bonds. The van der Waals surface area contributed by atoms with Crippen molar-refractivity contribution in [1.29, 1.82) is 0 Å². The van der Waals surface area contributed by atoms with Crippen molar-refractivity contribution in [2.45, 2.75) is 39.2 Å². The van der Waals surface area contributed by atoms with Gasteiger partial charge in [0.25, 0.3) is 5.91 Å². The second kappa shape index (κ2) is 7.07. The molecule has 0 atom stereocenters. The van der Waals surface area contributed by atoms with E-state index < -0.39 is 0 Å². The molecule has 4 nitrogen and oxygen atoms in total. The van der Waals surface area contributed by atoms with Crippen molar-refractivity contribution in [3.8, 4) is 0 Å². The summed E-state index contributed by atoms with van der Waals surface area (Å²) in [5, 5.41) is 3.00. The highest BCUT2D eigenvalue weighted by Gasteiger charge is 2.24. The van der Waals surface area contributed by atoms with E-state index in [1.165, 1.54) is 0 Å². The summed E-state index contributed by atoms with van der Waals surface area (Å²) in [6.07, 6.45) is 2.16. The van der Waals surface area contributed by atoms with Gasteiger partial charge in [-0.1, -0.05) is 22.9 Å². The van der Waals surface area contributed by atoms with Crippen molar-refractivity contribution in [1.82, 2.24) is 10.2 Å². The number of rotatable bonds is 3. The molecule has 1 aliphatic rings. The van der Waals surface area contributed by atoms with E-state index in [0.717, 1.165) is 28.4 Å². The van der Waals surface area contributed by atoms with Gasteiger partial charge in [0.1, 0.15) is 0 Å². The van der Waals surface area contributed by atoms with Gasteiger partial charge in [-0.05, 0) is 43.5 Å². The smallest absolute Gasteiger partial charge is 0.253 e. The summed E-state index contributed by atoms with van der Waals surface area (Å²) >= 11 is 3.45. The average Bonchev–Trinajstić information content (AvgIpc) is 2.50. The van der Waals surface area contributed by atoms with Crippen molar-refractivity contribution in [2.24, 2.45) is 0 Å². The maximum absolute atomic E-state index is 12.5. The zero-order valence-electron chi connectivity index (χ0n) is 12.5. The fourth-order valence-electron chi connectivity index (χ4n) is 2.52. The molecule has 0 bridgehead atoms. The summed E-state index contributed by atoms with van der Waals surface area (Å²) < 4.78 is 1.01. The van der Waals surface area contributed by atoms with Crippen molar-refractivity contribution in [3.63, 3.8) is 0 Å². The summed E-state index contributed by atoms with van der Waals surface area (Å²) in [4.78, 5) is 25.7. The molecule has 1 aromatic carbocycles. The number of hydrogen-bond acceptors (Lipinski definition) is 2.